The summed E-state index contributed by atoms with van der Waals surface area (Å²) in [6.07, 6.45) is 9.08. The van der Waals surface area contributed by atoms with Gasteiger partial charge >= 0.3 is 5.69 Å². The van der Waals surface area contributed by atoms with E-state index in [0.717, 1.165) is 16.7 Å². The standard InChI is InChI=1S/C27H28N2O4.C2H6/c1-3-11-22(12-4-2)27(23-13-7-5-8-14-23,24-15-9-6-10-16-24)33-20-19-32-21-29-18-17-25(30)28-26(29)31;1-2/h3-18H,1,19-21H2,2H3,(H,28,30,31);1-2H3/b12-4-,22-11+;. The minimum absolute atomic E-state index is 0.00681. The molecular weight excluding hydrogens is 440 g/mol. The average molecular weight is 475 g/mol. The Kier molecular flexibility index (Phi) is 11.4. The van der Waals surface area contributed by atoms with Gasteiger partial charge in [0.15, 0.2) is 0 Å². The number of benzene rings is 2. The van der Waals surface area contributed by atoms with Crippen molar-refractivity contribution in [1.29, 1.82) is 0 Å². The third-order valence-corrected chi connectivity index (χ3v) is 5.08. The molecule has 3 aromatic rings. The summed E-state index contributed by atoms with van der Waals surface area (Å²) >= 11 is 0. The van der Waals surface area contributed by atoms with E-state index in [-0.39, 0.29) is 19.9 Å². The highest BCUT2D eigenvalue weighted by Crippen LogP contribution is 2.41. The molecule has 0 fully saturated rings. The van der Waals surface area contributed by atoms with Gasteiger partial charge in [-0.05, 0) is 23.6 Å². The number of hydrogen-bond acceptors (Lipinski definition) is 4. The summed E-state index contributed by atoms with van der Waals surface area (Å²) in [5.74, 6) is 0. The summed E-state index contributed by atoms with van der Waals surface area (Å²) in [4.78, 5) is 25.3. The Morgan fingerprint density at radius 2 is 1.57 bits per heavy atom. The first-order valence-corrected chi connectivity index (χ1v) is 11.7. The lowest BCUT2D eigenvalue weighted by atomic mass is 9.79. The van der Waals surface area contributed by atoms with Crippen molar-refractivity contribution >= 4 is 0 Å². The topological polar surface area (TPSA) is 73.3 Å². The highest BCUT2D eigenvalue weighted by atomic mass is 16.5. The van der Waals surface area contributed by atoms with Crippen molar-refractivity contribution in [2.75, 3.05) is 13.2 Å². The number of rotatable bonds is 11. The van der Waals surface area contributed by atoms with E-state index in [0.29, 0.717) is 0 Å². The molecule has 35 heavy (non-hydrogen) atoms. The first-order chi connectivity index (χ1) is 17.1. The molecule has 0 amide bonds. The van der Waals surface area contributed by atoms with Crippen LogP contribution in [0.25, 0.3) is 0 Å². The maximum Gasteiger partial charge on any atom is 0.330 e. The SMILES string of the molecule is C=C/C=C(\C=C/C)C(OCCOCn1ccc(=O)[nH]c1=O)(c1ccccc1)c1ccccc1.CC. The van der Waals surface area contributed by atoms with Crippen molar-refractivity contribution < 1.29 is 9.47 Å². The molecule has 0 unspecified atom stereocenters. The Hall–Kier alpha value is -3.74. The molecule has 0 aliphatic rings. The maximum atomic E-state index is 11.8. The highest BCUT2D eigenvalue weighted by Gasteiger charge is 2.38. The van der Waals surface area contributed by atoms with Gasteiger partial charge < -0.3 is 9.47 Å². The van der Waals surface area contributed by atoms with Gasteiger partial charge in [-0.15, -0.1) is 0 Å². The molecule has 6 nitrogen and oxygen atoms in total. The molecule has 6 heteroatoms. The third kappa shape index (κ3) is 7.12. The van der Waals surface area contributed by atoms with Crippen molar-refractivity contribution in [2.24, 2.45) is 0 Å². The number of allylic oxidation sites excluding steroid dienone is 3. The monoisotopic (exact) mass is 474 g/mol. The number of hydrogen-bond donors (Lipinski definition) is 1. The Balaban J connectivity index is 0.00000210. The summed E-state index contributed by atoms with van der Waals surface area (Å²) in [7, 11) is 0. The van der Waals surface area contributed by atoms with E-state index in [1.54, 1.807) is 6.08 Å². The van der Waals surface area contributed by atoms with Gasteiger partial charge in [0.1, 0.15) is 12.3 Å². The fourth-order valence-corrected chi connectivity index (χ4v) is 3.65. The third-order valence-electron chi connectivity index (χ3n) is 5.08. The molecule has 0 atom stereocenters. The van der Waals surface area contributed by atoms with Crippen LogP contribution < -0.4 is 11.2 Å². The number of aromatic nitrogens is 2. The Morgan fingerprint density at radius 3 is 2.09 bits per heavy atom. The normalized spacial score (nSPS) is 11.7. The van der Waals surface area contributed by atoms with E-state index in [9.17, 15) is 9.59 Å². The van der Waals surface area contributed by atoms with Crippen molar-refractivity contribution in [2.45, 2.75) is 33.1 Å². The van der Waals surface area contributed by atoms with Crippen LogP contribution in [0.5, 0.6) is 0 Å². The number of H-pyrrole nitrogens is 1. The lowest BCUT2D eigenvalue weighted by Crippen LogP contribution is -2.35. The van der Waals surface area contributed by atoms with Crippen LogP contribution >= 0.6 is 0 Å². The van der Waals surface area contributed by atoms with Gasteiger partial charge in [-0.1, -0.05) is 105 Å². The second-order valence-electron chi connectivity index (χ2n) is 7.24. The van der Waals surface area contributed by atoms with E-state index in [1.165, 1.54) is 16.8 Å². The predicted octanol–water partition coefficient (Wildman–Crippen LogP) is 5.19. The molecule has 0 spiro atoms. The van der Waals surface area contributed by atoms with Gasteiger partial charge in [-0.25, -0.2) is 4.79 Å². The average Bonchev–Trinajstić information content (AvgIpc) is 2.90. The molecule has 0 saturated heterocycles. The summed E-state index contributed by atoms with van der Waals surface area (Å²) in [6.45, 7) is 10.4. The fourth-order valence-electron chi connectivity index (χ4n) is 3.65. The second kappa shape index (κ2) is 14.5. The summed E-state index contributed by atoms with van der Waals surface area (Å²) in [5.41, 5.74) is 1.02. The number of ether oxygens (including phenoxy) is 2. The predicted molar refractivity (Wildman–Crippen MR) is 141 cm³/mol. The van der Waals surface area contributed by atoms with Gasteiger partial charge in [0.05, 0.1) is 13.2 Å². The number of aromatic amines is 1. The molecule has 0 bridgehead atoms. The van der Waals surface area contributed by atoms with Gasteiger partial charge in [-0.2, -0.15) is 0 Å². The molecule has 1 N–H and O–H groups in total. The smallest absolute Gasteiger partial charge is 0.330 e. The quantitative estimate of drug-likeness (QED) is 0.307. The minimum atomic E-state index is -0.887. The van der Waals surface area contributed by atoms with E-state index in [2.05, 4.69) is 11.6 Å². The lowest BCUT2D eigenvalue weighted by molar-refractivity contribution is -0.0373. The molecule has 0 saturated carbocycles. The number of nitrogens with zero attached hydrogens (tertiary/aromatic N) is 1. The Labute approximate surface area is 206 Å². The van der Waals surface area contributed by atoms with Crippen LogP contribution in [0.15, 0.2) is 119 Å². The summed E-state index contributed by atoms with van der Waals surface area (Å²) in [6, 6.07) is 21.3. The summed E-state index contributed by atoms with van der Waals surface area (Å²) in [5, 5.41) is 0. The van der Waals surface area contributed by atoms with Gasteiger partial charge in [-0.3, -0.25) is 14.3 Å². The molecule has 0 aliphatic carbocycles. The molecule has 184 valence electrons. The fraction of sp³-hybridized carbons (Fsp3) is 0.241. The lowest BCUT2D eigenvalue weighted by Gasteiger charge is -2.36. The molecular formula is C29H34N2O4. The Morgan fingerprint density at radius 1 is 0.971 bits per heavy atom. The first kappa shape index (κ1) is 27.5. The molecule has 1 aromatic heterocycles. The van der Waals surface area contributed by atoms with Crippen LogP contribution in [0.1, 0.15) is 31.9 Å². The van der Waals surface area contributed by atoms with Gasteiger partial charge in [0.2, 0.25) is 0 Å². The van der Waals surface area contributed by atoms with Crippen molar-refractivity contribution in [3.8, 4) is 0 Å². The zero-order chi connectivity index (χ0) is 25.5. The molecule has 2 aromatic carbocycles. The second-order valence-corrected chi connectivity index (χ2v) is 7.24. The van der Waals surface area contributed by atoms with E-state index < -0.39 is 16.9 Å². The van der Waals surface area contributed by atoms with Crippen LogP contribution in [0, 0.1) is 0 Å². The van der Waals surface area contributed by atoms with Crippen LogP contribution in [0.4, 0.5) is 0 Å². The zero-order valence-corrected chi connectivity index (χ0v) is 20.6. The minimum Gasteiger partial charge on any atom is -0.358 e. The van der Waals surface area contributed by atoms with Crippen LogP contribution in [-0.4, -0.2) is 22.8 Å². The van der Waals surface area contributed by atoms with Crippen molar-refractivity contribution in [1.82, 2.24) is 9.55 Å². The molecule has 0 aliphatic heterocycles. The van der Waals surface area contributed by atoms with E-state index in [4.69, 9.17) is 9.47 Å². The molecule has 0 radical (unpaired) electrons. The molecule has 3 rings (SSSR count). The van der Waals surface area contributed by atoms with Crippen LogP contribution in [0.2, 0.25) is 0 Å². The van der Waals surface area contributed by atoms with Crippen molar-refractivity contribution in [3.63, 3.8) is 0 Å². The van der Waals surface area contributed by atoms with Crippen molar-refractivity contribution in [3.05, 3.63) is 141 Å². The maximum absolute atomic E-state index is 11.8. The van der Waals surface area contributed by atoms with Crippen LogP contribution in [0.3, 0.4) is 0 Å². The highest BCUT2D eigenvalue weighted by molar-refractivity contribution is 5.50. The Bertz CT molecular complexity index is 1170. The summed E-state index contributed by atoms with van der Waals surface area (Å²) < 4.78 is 13.6. The van der Waals surface area contributed by atoms with E-state index in [1.807, 2.05) is 99.7 Å². The first-order valence-electron chi connectivity index (χ1n) is 11.7. The zero-order valence-electron chi connectivity index (χ0n) is 20.6. The van der Waals surface area contributed by atoms with E-state index >= 15 is 0 Å². The van der Waals surface area contributed by atoms with Crippen LogP contribution in [-0.2, 0) is 21.8 Å². The van der Waals surface area contributed by atoms with Gasteiger partial charge in [0.25, 0.3) is 5.56 Å². The number of nitrogens with one attached hydrogen (secondary N) is 1. The largest absolute Gasteiger partial charge is 0.358 e. The molecule has 1 heterocycles. The van der Waals surface area contributed by atoms with Gasteiger partial charge in [0, 0.05) is 12.3 Å².